The van der Waals surface area contributed by atoms with Crippen LogP contribution in [0.3, 0.4) is 0 Å². The molecule has 12 heavy (non-hydrogen) atoms. The van der Waals surface area contributed by atoms with E-state index < -0.39 is 0 Å². The van der Waals surface area contributed by atoms with Crippen molar-refractivity contribution in [1.82, 2.24) is 4.98 Å². The summed E-state index contributed by atoms with van der Waals surface area (Å²) in [5, 5.41) is 3.47. The highest BCUT2D eigenvalue weighted by molar-refractivity contribution is 6.29. The SMILES string of the molecule is CC#Cc1cnc(Cl)cc1NC. The minimum Gasteiger partial charge on any atom is -0.387 e. The number of halogens is 1. The van der Waals surface area contributed by atoms with Crippen LogP contribution in [0.25, 0.3) is 0 Å². The largest absolute Gasteiger partial charge is 0.387 e. The lowest BCUT2D eigenvalue weighted by Crippen LogP contribution is -1.93. The van der Waals surface area contributed by atoms with Crippen LogP contribution in [0, 0.1) is 11.8 Å². The van der Waals surface area contributed by atoms with Crippen LogP contribution in [0.1, 0.15) is 12.5 Å². The van der Waals surface area contributed by atoms with Crippen LogP contribution in [0.5, 0.6) is 0 Å². The van der Waals surface area contributed by atoms with Gasteiger partial charge in [0.15, 0.2) is 0 Å². The average Bonchev–Trinajstić information content (AvgIpc) is 2.08. The summed E-state index contributed by atoms with van der Waals surface area (Å²) in [6, 6.07) is 1.75. The second-order valence-corrected chi connectivity index (χ2v) is 2.56. The Kier molecular flexibility index (Phi) is 2.95. The number of nitrogens with one attached hydrogen (secondary N) is 1. The summed E-state index contributed by atoms with van der Waals surface area (Å²) >= 11 is 5.70. The monoisotopic (exact) mass is 180 g/mol. The average molecular weight is 181 g/mol. The predicted molar refractivity (Wildman–Crippen MR) is 51.3 cm³/mol. The number of rotatable bonds is 1. The van der Waals surface area contributed by atoms with E-state index in [0.29, 0.717) is 5.15 Å². The predicted octanol–water partition coefficient (Wildman–Crippen LogP) is 2.15. The van der Waals surface area contributed by atoms with Crippen LogP contribution in [0.4, 0.5) is 5.69 Å². The molecule has 0 amide bonds. The zero-order chi connectivity index (χ0) is 8.97. The highest BCUT2D eigenvalue weighted by atomic mass is 35.5. The summed E-state index contributed by atoms with van der Waals surface area (Å²) in [7, 11) is 1.83. The Hall–Kier alpha value is -1.20. The number of aromatic nitrogens is 1. The maximum absolute atomic E-state index is 5.70. The number of hydrogen-bond donors (Lipinski definition) is 1. The molecule has 0 aliphatic rings. The van der Waals surface area contributed by atoms with Crippen molar-refractivity contribution in [3.63, 3.8) is 0 Å². The fourth-order valence-electron chi connectivity index (χ4n) is 0.871. The topological polar surface area (TPSA) is 24.9 Å². The third kappa shape index (κ3) is 1.90. The van der Waals surface area contributed by atoms with Crippen molar-refractivity contribution in [2.24, 2.45) is 0 Å². The van der Waals surface area contributed by atoms with Gasteiger partial charge in [0.2, 0.25) is 0 Å². The van der Waals surface area contributed by atoms with E-state index in [0.717, 1.165) is 11.3 Å². The second kappa shape index (κ2) is 3.99. The van der Waals surface area contributed by atoms with Gasteiger partial charge in [0.25, 0.3) is 0 Å². The quantitative estimate of drug-likeness (QED) is 0.529. The molecule has 1 heterocycles. The number of pyridine rings is 1. The third-order valence-electron chi connectivity index (χ3n) is 1.40. The smallest absolute Gasteiger partial charge is 0.131 e. The zero-order valence-corrected chi connectivity index (χ0v) is 7.74. The third-order valence-corrected chi connectivity index (χ3v) is 1.61. The Bertz CT molecular complexity index is 336. The van der Waals surface area contributed by atoms with Gasteiger partial charge >= 0.3 is 0 Å². The van der Waals surface area contributed by atoms with Gasteiger partial charge in [-0.05, 0) is 13.0 Å². The van der Waals surface area contributed by atoms with Crippen LogP contribution < -0.4 is 5.32 Å². The van der Waals surface area contributed by atoms with E-state index in [-0.39, 0.29) is 0 Å². The summed E-state index contributed by atoms with van der Waals surface area (Å²) in [5.74, 6) is 5.73. The van der Waals surface area contributed by atoms with Crippen LogP contribution >= 0.6 is 11.6 Å². The minimum absolute atomic E-state index is 0.473. The molecule has 0 bridgehead atoms. The molecule has 0 radical (unpaired) electrons. The Labute approximate surface area is 77.0 Å². The first-order chi connectivity index (χ1) is 5.77. The molecule has 0 aromatic carbocycles. The molecular formula is C9H9ClN2. The lowest BCUT2D eigenvalue weighted by Gasteiger charge is -2.02. The molecule has 0 saturated carbocycles. The molecular weight excluding hydrogens is 172 g/mol. The normalized spacial score (nSPS) is 8.58. The van der Waals surface area contributed by atoms with Gasteiger partial charge in [0.05, 0.1) is 11.3 Å². The van der Waals surface area contributed by atoms with Gasteiger partial charge in [0, 0.05) is 13.2 Å². The molecule has 0 saturated heterocycles. The van der Waals surface area contributed by atoms with E-state index in [1.54, 1.807) is 19.2 Å². The molecule has 0 unspecified atom stereocenters. The van der Waals surface area contributed by atoms with Gasteiger partial charge in [-0.3, -0.25) is 0 Å². The van der Waals surface area contributed by atoms with Crippen LogP contribution in [0.15, 0.2) is 12.3 Å². The molecule has 62 valence electrons. The second-order valence-electron chi connectivity index (χ2n) is 2.18. The van der Waals surface area contributed by atoms with Gasteiger partial charge < -0.3 is 5.32 Å². The molecule has 1 N–H and O–H groups in total. The van der Waals surface area contributed by atoms with E-state index in [1.165, 1.54) is 0 Å². The maximum Gasteiger partial charge on any atom is 0.131 e. The summed E-state index contributed by atoms with van der Waals surface area (Å²) in [4.78, 5) is 3.93. The van der Waals surface area contributed by atoms with Crippen molar-refractivity contribution in [3.8, 4) is 11.8 Å². The van der Waals surface area contributed by atoms with E-state index in [1.807, 2.05) is 7.05 Å². The molecule has 0 spiro atoms. The minimum atomic E-state index is 0.473. The van der Waals surface area contributed by atoms with Crippen molar-refractivity contribution in [3.05, 3.63) is 23.0 Å². The van der Waals surface area contributed by atoms with Crippen LogP contribution in [-0.2, 0) is 0 Å². The standard InChI is InChI=1S/C9H9ClN2/c1-3-4-7-6-12-9(10)5-8(7)11-2/h5-6H,1-2H3,(H,11,12). The lowest BCUT2D eigenvalue weighted by molar-refractivity contribution is 1.30. The van der Waals surface area contributed by atoms with Crippen LogP contribution in [0.2, 0.25) is 5.15 Å². The molecule has 1 aromatic heterocycles. The first kappa shape index (κ1) is 8.89. The molecule has 1 rings (SSSR count). The summed E-state index contributed by atoms with van der Waals surface area (Å²) in [6.07, 6.45) is 1.66. The molecule has 0 atom stereocenters. The number of hydrogen-bond acceptors (Lipinski definition) is 2. The first-order valence-corrected chi connectivity index (χ1v) is 3.91. The molecule has 0 fully saturated rings. The van der Waals surface area contributed by atoms with Crippen molar-refractivity contribution < 1.29 is 0 Å². The van der Waals surface area contributed by atoms with E-state index in [2.05, 4.69) is 22.1 Å². The van der Waals surface area contributed by atoms with Crippen molar-refractivity contribution in [2.75, 3.05) is 12.4 Å². The number of nitrogens with zero attached hydrogens (tertiary/aromatic N) is 1. The van der Waals surface area contributed by atoms with Gasteiger partial charge in [-0.25, -0.2) is 4.98 Å². The fraction of sp³-hybridized carbons (Fsp3) is 0.222. The van der Waals surface area contributed by atoms with Crippen molar-refractivity contribution in [1.29, 1.82) is 0 Å². The molecule has 0 aliphatic heterocycles. The Balaban J connectivity index is 3.17. The zero-order valence-electron chi connectivity index (χ0n) is 6.98. The van der Waals surface area contributed by atoms with Crippen molar-refractivity contribution >= 4 is 17.3 Å². The van der Waals surface area contributed by atoms with Gasteiger partial charge in [0.1, 0.15) is 5.15 Å². The molecule has 0 aliphatic carbocycles. The Morgan fingerprint density at radius 3 is 2.92 bits per heavy atom. The van der Waals surface area contributed by atoms with E-state index in [9.17, 15) is 0 Å². The van der Waals surface area contributed by atoms with Crippen LogP contribution in [-0.4, -0.2) is 12.0 Å². The maximum atomic E-state index is 5.70. The number of anilines is 1. The fourth-order valence-corrected chi connectivity index (χ4v) is 1.03. The van der Waals surface area contributed by atoms with E-state index in [4.69, 9.17) is 11.6 Å². The molecule has 3 heteroatoms. The van der Waals surface area contributed by atoms with Gasteiger partial charge in [-0.2, -0.15) is 0 Å². The first-order valence-electron chi connectivity index (χ1n) is 3.54. The molecule has 1 aromatic rings. The summed E-state index contributed by atoms with van der Waals surface area (Å²) in [5.41, 5.74) is 1.77. The summed E-state index contributed by atoms with van der Waals surface area (Å²) < 4.78 is 0. The highest BCUT2D eigenvalue weighted by Crippen LogP contribution is 2.16. The van der Waals surface area contributed by atoms with Gasteiger partial charge in [-0.1, -0.05) is 17.5 Å². The molecule has 2 nitrogen and oxygen atoms in total. The van der Waals surface area contributed by atoms with Crippen molar-refractivity contribution in [2.45, 2.75) is 6.92 Å². The summed E-state index contributed by atoms with van der Waals surface area (Å²) in [6.45, 7) is 1.79. The Morgan fingerprint density at radius 1 is 1.58 bits per heavy atom. The van der Waals surface area contributed by atoms with E-state index >= 15 is 0 Å². The van der Waals surface area contributed by atoms with Gasteiger partial charge in [-0.15, -0.1) is 5.92 Å². The Morgan fingerprint density at radius 2 is 2.33 bits per heavy atom. The lowest BCUT2D eigenvalue weighted by atomic mass is 10.2. The highest BCUT2D eigenvalue weighted by Gasteiger charge is 1.98.